The van der Waals surface area contributed by atoms with E-state index in [1.807, 2.05) is 0 Å². The highest BCUT2D eigenvalue weighted by Crippen LogP contribution is 2.08. The van der Waals surface area contributed by atoms with Crippen molar-refractivity contribution in [1.29, 1.82) is 0 Å². The van der Waals surface area contributed by atoms with Crippen molar-refractivity contribution in [3.05, 3.63) is 0 Å². The van der Waals surface area contributed by atoms with Crippen LogP contribution in [0.1, 0.15) is 45.4 Å². The van der Waals surface area contributed by atoms with Crippen LogP contribution in [0.2, 0.25) is 0 Å². The summed E-state index contributed by atoms with van der Waals surface area (Å²) in [5.41, 5.74) is 2.57. The number of hydrogen-bond acceptors (Lipinski definition) is 4. The molecule has 0 aromatic heterocycles. The highest BCUT2D eigenvalue weighted by atomic mass is 32.2. The van der Waals surface area contributed by atoms with E-state index in [0.29, 0.717) is 0 Å². The number of nitrogens with one attached hydrogen (secondary N) is 1. The molecule has 1 unspecified atom stereocenters. The maximum atomic E-state index is 11.0. The van der Waals surface area contributed by atoms with Crippen LogP contribution >= 0.6 is 0 Å². The van der Waals surface area contributed by atoms with Crippen LogP contribution in [0.3, 0.4) is 0 Å². The van der Waals surface area contributed by atoms with Crippen molar-refractivity contribution in [2.24, 2.45) is 5.84 Å². The fourth-order valence-corrected chi connectivity index (χ4v) is 2.57. The van der Waals surface area contributed by atoms with E-state index in [9.17, 15) is 8.42 Å². The average molecular weight is 236 g/mol. The van der Waals surface area contributed by atoms with Crippen LogP contribution in [0.4, 0.5) is 0 Å². The second-order valence-electron chi connectivity index (χ2n) is 4.16. The van der Waals surface area contributed by atoms with Crippen molar-refractivity contribution in [2.45, 2.75) is 51.5 Å². The van der Waals surface area contributed by atoms with Gasteiger partial charge < -0.3 is 0 Å². The zero-order valence-electron chi connectivity index (χ0n) is 9.83. The fourth-order valence-electron chi connectivity index (χ4n) is 1.57. The van der Waals surface area contributed by atoms with Crippen molar-refractivity contribution in [2.75, 3.05) is 12.0 Å². The fraction of sp³-hybridized carbons (Fsp3) is 1.00. The highest BCUT2D eigenvalue weighted by molar-refractivity contribution is 7.90. The molecule has 0 heterocycles. The van der Waals surface area contributed by atoms with Crippen molar-refractivity contribution in [3.8, 4) is 0 Å². The smallest absolute Gasteiger partial charge is 0.149 e. The first-order valence-electron chi connectivity index (χ1n) is 5.63. The predicted molar refractivity (Wildman–Crippen MR) is 64.2 cm³/mol. The van der Waals surface area contributed by atoms with Crippen LogP contribution in [0.5, 0.6) is 0 Å². The van der Waals surface area contributed by atoms with Gasteiger partial charge >= 0.3 is 0 Å². The Morgan fingerprint density at radius 3 is 2.27 bits per heavy atom. The average Bonchev–Trinajstić information content (AvgIpc) is 2.14. The molecule has 0 aliphatic rings. The summed E-state index contributed by atoms with van der Waals surface area (Å²) in [4.78, 5) is 0. The van der Waals surface area contributed by atoms with Crippen molar-refractivity contribution < 1.29 is 8.42 Å². The minimum atomic E-state index is -2.93. The number of nitrogens with two attached hydrogens (primary N) is 1. The van der Waals surface area contributed by atoms with Gasteiger partial charge in [-0.1, -0.05) is 39.0 Å². The van der Waals surface area contributed by atoms with Gasteiger partial charge in [-0.2, -0.15) is 0 Å². The summed E-state index contributed by atoms with van der Waals surface area (Å²) in [6.07, 6.45) is 8.00. The Labute approximate surface area is 93.5 Å². The molecule has 92 valence electrons. The van der Waals surface area contributed by atoms with E-state index in [2.05, 4.69) is 12.3 Å². The molecule has 0 aliphatic heterocycles. The van der Waals surface area contributed by atoms with E-state index in [-0.39, 0.29) is 11.8 Å². The second kappa shape index (κ2) is 8.07. The molecular formula is C10H24N2O2S. The first-order valence-corrected chi connectivity index (χ1v) is 7.69. The van der Waals surface area contributed by atoms with Crippen LogP contribution < -0.4 is 11.3 Å². The lowest BCUT2D eigenvalue weighted by atomic mass is 10.1. The van der Waals surface area contributed by atoms with Gasteiger partial charge in [0.1, 0.15) is 9.84 Å². The zero-order valence-corrected chi connectivity index (χ0v) is 10.6. The van der Waals surface area contributed by atoms with E-state index in [0.717, 1.165) is 19.3 Å². The minimum absolute atomic E-state index is 0.0957. The van der Waals surface area contributed by atoms with Crippen molar-refractivity contribution >= 4 is 9.84 Å². The first-order chi connectivity index (χ1) is 6.99. The number of hydrogen-bond donors (Lipinski definition) is 2. The van der Waals surface area contributed by atoms with Crippen LogP contribution in [0, 0.1) is 0 Å². The lowest BCUT2D eigenvalue weighted by Gasteiger charge is -2.14. The van der Waals surface area contributed by atoms with Crippen LogP contribution in [-0.2, 0) is 9.84 Å². The van der Waals surface area contributed by atoms with Crippen LogP contribution in [-0.4, -0.2) is 26.5 Å². The summed E-state index contributed by atoms with van der Waals surface area (Å²) in [5, 5.41) is 0. The molecule has 0 amide bonds. The molecule has 3 N–H and O–H groups in total. The highest BCUT2D eigenvalue weighted by Gasteiger charge is 2.12. The summed E-state index contributed by atoms with van der Waals surface area (Å²) in [7, 11) is -2.93. The van der Waals surface area contributed by atoms with Gasteiger partial charge in [-0.25, -0.2) is 8.42 Å². The van der Waals surface area contributed by atoms with Gasteiger partial charge in [0.25, 0.3) is 0 Å². The number of rotatable bonds is 9. The van der Waals surface area contributed by atoms with Gasteiger partial charge in [0.05, 0.1) is 5.75 Å². The molecule has 0 spiro atoms. The summed E-state index contributed by atoms with van der Waals surface area (Å²) in [6.45, 7) is 2.17. The SMILES string of the molecule is CCCCCCCC(CS(C)(=O)=O)NN. The van der Waals surface area contributed by atoms with Gasteiger partial charge in [-0.05, 0) is 6.42 Å². The Kier molecular flexibility index (Phi) is 8.00. The molecule has 0 saturated carbocycles. The molecule has 15 heavy (non-hydrogen) atoms. The topological polar surface area (TPSA) is 72.2 Å². The normalized spacial score (nSPS) is 14.1. The largest absolute Gasteiger partial charge is 0.271 e. The molecule has 4 nitrogen and oxygen atoms in total. The van der Waals surface area contributed by atoms with Crippen LogP contribution in [0.25, 0.3) is 0 Å². The number of unbranched alkanes of at least 4 members (excludes halogenated alkanes) is 4. The van der Waals surface area contributed by atoms with Gasteiger partial charge in [0, 0.05) is 12.3 Å². The quantitative estimate of drug-likeness (QED) is 0.359. The number of hydrazine groups is 1. The Bertz CT molecular complexity index is 240. The third-order valence-corrected chi connectivity index (χ3v) is 3.40. The van der Waals surface area contributed by atoms with E-state index < -0.39 is 9.84 Å². The van der Waals surface area contributed by atoms with Crippen LogP contribution in [0.15, 0.2) is 0 Å². The molecular weight excluding hydrogens is 212 g/mol. The third-order valence-electron chi connectivity index (χ3n) is 2.40. The molecule has 0 rings (SSSR count). The zero-order chi connectivity index (χ0) is 11.7. The summed E-state index contributed by atoms with van der Waals surface area (Å²) in [6, 6.07) is -0.0957. The molecule has 0 aliphatic carbocycles. The summed E-state index contributed by atoms with van der Waals surface area (Å²) < 4.78 is 22.1. The molecule has 1 atom stereocenters. The predicted octanol–water partition coefficient (Wildman–Crippen LogP) is 1.22. The standard InChI is InChI=1S/C10H24N2O2S/c1-3-4-5-6-7-8-10(12-11)9-15(2,13)14/h10,12H,3-9,11H2,1-2H3. The first kappa shape index (κ1) is 14.9. The third kappa shape index (κ3) is 10.2. The molecule has 0 aromatic rings. The lowest BCUT2D eigenvalue weighted by Crippen LogP contribution is -2.40. The van der Waals surface area contributed by atoms with E-state index in [1.54, 1.807) is 0 Å². The van der Waals surface area contributed by atoms with Gasteiger partial charge in [0.2, 0.25) is 0 Å². The van der Waals surface area contributed by atoms with E-state index in [1.165, 1.54) is 25.5 Å². The molecule has 0 aromatic carbocycles. The Balaban J connectivity index is 3.62. The summed E-state index contributed by atoms with van der Waals surface area (Å²) >= 11 is 0. The maximum absolute atomic E-state index is 11.0. The van der Waals surface area contributed by atoms with Gasteiger partial charge in [0.15, 0.2) is 0 Å². The molecule has 0 radical (unpaired) electrons. The monoisotopic (exact) mass is 236 g/mol. The van der Waals surface area contributed by atoms with Crippen molar-refractivity contribution in [3.63, 3.8) is 0 Å². The van der Waals surface area contributed by atoms with E-state index >= 15 is 0 Å². The Morgan fingerprint density at radius 1 is 1.20 bits per heavy atom. The number of sulfone groups is 1. The molecule has 0 bridgehead atoms. The second-order valence-corrected chi connectivity index (χ2v) is 6.34. The summed E-state index contributed by atoms with van der Waals surface area (Å²) in [5.74, 6) is 5.44. The molecule has 0 fully saturated rings. The Morgan fingerprint density at radius 2 is 1.80 bits per heavy atom. The Hall–Kier alpha value is -0.130. The van der Waals surface area contributed by atoms with Crippen molar-refractivity contribution in [1.82, 2.24) is 5.43 Å². The van der Waals surface area contributed by atoms with E-state index in [4.69, 9.17) is 5.84 Å². The molecule has 5 heteroatoms. The molecule has 0 saturated heterocycles. The van der Waals surface area contributed by atoms with Gasteiger partial charge in [-0.15, -0.1) is 0 Å². The lowest BCUT2D eigenvalue weighted by molar-refractivity contribution is 0.487. The maximum Gasteiger partial charge on any atom is 0.149 e. The van der Waals surface area contributed by atoms with Gasteiger partial charge in [-0.3, -0.25) is 11.3 Å². The minimum Gasteiger partial charge on any atom is -0.271 e.